The topological polar surface area (TPSA) is 127 Å². The molecule has 1 saturated carbocycles. The lowest BCUT2D eigenvalue weighted by Gasteiger charge is -2.13. The summed E-state index contributed by atoms with van der Waals surface area (Å²) in [7, 11) is -3.59. The summed E-state index contributed by atoms with van der Waals surface area (Å²) >= 11 is 0. The van der Waals surface area contributed by atoms with Gasteiger partial charge in [-0.1, -0.05) is 0 Å². The SMILES string of the molecule is NC(=O)CCC(NS(=O)(=O)CC1CC1)C(=O)O. The van der Waals surface area contributed by atoms with Crippen LogP contribution in [-0.2, 0) is 19.6 Å². The maximum atomic E-state index is 11.5. The Morgan fingerprint density at radius 1 is 1.41 bits per heavy atom. The number of nitrogens with two attached hydrogens (primary N) is 1. The third kappa shape index (κ3) is 5.64. The first kappa shape index (κ1) is 13.9. The lowest BCUT2D eigenvalue weighted by atomic mass is 10.2. The van der Waals surface area contributed by atoms with Crippen LogP contribution in [0.25, 0.3) is 0 Å². The van der Waals surface area contributed by atoms with E-state index in [2.05, 4.69) is 4.72 Å². The van der Waals surface area contributed by atoms with Crippen LogP contribution in [0, 0.1) is 5.92 Å². The van der Waals surface area contributed by atoms with Crippen LogP contribution < -0.4 is 10.5 Å². The van der Waals surface area contributed by atoms with Crippen molar-refractivity contribution in [3.8, 4) is 0 Å². The van der Waals surface area contributed by atoms with E-state index in [4.69, 9.17) is 10.8 Å². The molecule has 1 unspecified atom stereocenters. The lowest BCUT2D eigenvalue weighted by molar-refractivity contribution is -0.139. The Labute approximate surface area is 99.4 Å². The van der Waals surface area contributed by atoms with Gasteiger partial charge in [-0.3, -0.25) is 9.59 Å². The minimum atomic E-state index is -3.59. The number of amides is 1. The van der Waals surface area contributed by atoms with Crippen molar-refractivity contribution < 1.29 is 23.1 Å². The normalized spacial score (nSPS) is 17.6. The Balaban J connectivity index is 2.52. The van der Waals surface area contributed by atoms with Crippen molar-refractivity contribution in [2.24, 2.45) is 11.7 Å². The molecule has 0 saturated heterocycles. The van der Waals surface area contributed by atoms with E-state index in [0.717, 1.165) is 12.8 Å². The van der Waals surface area contributed by atoms with Gasteiger partial charge >= 0.3 is 5.97 Å². The van der Waals surface area contributed by atoms with Crippen molar-refractivity contribution in [2.75, 3.05) is 5.75 Å². The van der Waals surface area contributed by atoms with Gasteiger partial charge in [-0.15, -0.1) is 0 Å². The van der Waals surface area contributed by atoms with Crippen LogP contribution in [-0.4, -0.2) is 37.2 Å². The maximum absolute atomic E-state index is 11.5. The van der Waals surface area contributed by atoms with Crippen LogP contribution in [0.1, 0.15) is 25.7 Å². The molecule has 0 aromatic heterocycles. The Kier molecular flexibility index (Phi) is 4.47. The maximum Gasteiger partial charge on any atom is 0.321 e. The van der Waals surface area contributed by atoms with Crippen molar-refractivity contribution in [1.82, 2.24) is 4.72 Å². The number of hydrogen-bond acceptors (Lipinski definition) is 4. The second-order valence-electron chi connectivity index (χ2n) is 4.24. The first-order valence-corrected chi connectivity index (χ1v) is 6.96. The second-order valence-corrected chi connectivity index (χ2v) is 6.04. The molecule has 0 heterocycles. The lowest BCUT2D eigenvalue weighted by Crippen LogP contribution is -2.42. The molecule has 98 valence electrons. The number of carbonyl (C=O) groups excluding carboxylic acids is 1. The highest BCUT2D eigenvalue weighted by atomic mass is 32.2. The number of carbonyl (C=O) groups is 2. The van der Waals surface area contributed by atoms with Crippen molar-refractivity contribution in [1.29, 1.82) is 0 Å². The highest BCUT2D eigenvalue weighted by Gasteiger charge is 2.31. The zero-order chi connectivity index (χ0) is 13.1. The predicted octanol–water partition coefficient (Wildman–Crippen LogP) is -0.966. The number of primary amides is 1. The molecular formula is C9H16N2O5S. The van der Waals surface area contributed by atoms with Gasteiger partial charge in [-0.25, -0.2) is 13.1 Å². The number of carboxylic acids is 1. The van der Waals surface area contributed by atoms with Crippen molar-refractivity contribution in [3.05, 3.63) is 0 Å². The molecule has 0 radical (unpaired) electrons. The van der Waals surface area contributed by atoms with Crippen LogP contribution in [0.3, 0.4) is 0 Å². The molecule has 1 amide bonds. The number of carboxylic acid groups (broad SMARTS) is 1. The van der Waals surface area contributed by atoms with Gasteiger partial charge in [0.15, 0.2) is 0 Å². The second kappa shape index (κ2) is 5.46. The molecular weight excluding hydrogens is 248 g/mol. The molecule has 7 nitrogen and oxygen atoms in total. The number of aliphatic carboxylic acids is 1. The zero-order valence-electron chi connectivity index (χ0n) is 9.26. The smallest absolute Gasteiger partial charge is 0.321 e. The van der Waals surface area contributed by atoms with Gasteiger partial charge in [0.25, 0.3) is 0 Å². The van der Waals surface area contributed by atoms with E-state index < -0.39 is 27.9 Å². The van der Waals surface area contributed by atoms with Gasteiger partial charge in [0.2, 0.25) is 15.9 Å². The Morgan fingerprint density at radius 3 is 2.41 bits per heavy atom. The largest absolute Gasteiger partial charge is 0.480 e. The molecule has 1 rings (SSSR count). The first-order chi connectivity index (χ1) is 7.80. The molecule has 0 aromatic rings. The molecule has 0 bridgehead atoms. The van der Waals surface area contributed by atoms with Gasteiger partial charge in [0.05, 0.1) is 5.75 Å². The van der Waals surface area contributed by atoms with Crippen molar-refractivity contribution >= 4 is 21.9 Å². The quantitative estimate of drug-likeness (QED) is 0.520. The number of nitrogens with one attached hydrogen (secondary N) is 1. The van der Waals surface area contributed by atoms with Crippen LogP contribution in [0.2, 0.25) is 0 Å². The van der Waals surface area contributed by atoms with E-state index >= 15 is 0 Å². The summed E-state index contributed by atoms with van der Waals surface area (Å²) in [5, 5.41) is 8.82. The van der Waals surface area contributed by atoms with Gasteiger partial charge in [-0.2, -0.15) is 0 Å². The minimum Gasteiger partial charge on any atom is -0.480 e. The van der Waals surface area contributed by atoms with E-state index in [1.807, 2.05) is 0 Å². The Bertz CT molecular complexity index is 402. The summed E-state index contributed by atoms with van der Waals surface area (Å²) in [5.41, 5.74) is 4.89. The van der Waals surface area contributed by atoms with Gasteiger partial charge < -0.3 is 10.8 Å². The van der Waals surface area contributed by atoms with Gasteiger partial charge in [0.1, 0.15) is 6.04 Å². The molecule has 0 spiro atoms. The highest BCUT2D eigenvalue weighted by Crippen LogP contribution is 2.30. The number of rotatable bonds is 8. The molecule has 0 aliphatic heterocycles. The molecule has 8 heteroatoms. The third-order valence-electron chi connectivity index (χ3n) is 2.45. The molecule has 4 N–H and O–H groups in total. The minimum absolute atomic E-state index is 0.0483. The van der Waals surface area contributed by atoms with E-state index in [0.29, 0.717) is 0 Å². The van der Waals surface area contributed by atoms with E-state index in [-0.39, 0.29) is 24.5 Å². The van der Waals surface area contributed by atoms with Crippen molar-refractivity contribution in [2.45, 2.75) is 31.7 Å². The molecule has 17 heavy (non-hydrogen) atoms. The summed E-state index contributed by atoms with van der Waals surface area (Å²) in [6.07, 6.45) is 1.43. The predicted molar refractivity (Wildman–Crippen MR) is 59.5 cm³/mol. The van der Waals surface area contributed by atoms with E-state index in [1.54, 1.807) is 0 Å². The summed E-state index contributed by atoms with van der Waals surface area (Å²) in [6.45, 7) is 0. The summed E-state index contributed by atoms with van der Waals surface area (Å²) in [4.78, 5) is 21.3. The fourth-order valence-corrected chi connectivity index (χ4v) is 3.08. The first-order valence-electron chi connectivity index (χ1n) is 5.31. The van der Waals surface area contributed by atoms with Gasteiger partial charge in [0, 0.05) is 6.42 Å². The summed E-state index contributed by atoms with van der Waals surface area (Å²) in [6, 6.07) is -1.29. The Morgan fingerprint density at radius 2 is 2.00 bits per heavy atom. The third-order valence-corrected chi connectivity index (χ3v) is 4.01. The average molecular weight is 264 g/mol. The fourth-order valence-electron chi connectivity index (χ4n) is 1.38. The Hall–Kier alpha value is -1.15. The monoisotopic (exact) mass is 264 g/mol. The molecule has 1 aliphatic rings. The molecule has 0 aromatic carbocycles. The van der Waals surface area contributed by atoms with Crippen molar-refractivity contribution in [3.63, 3.8) is 0 Å². The average Bonchev–Trinajstić information content (AvgIpc) is 2.94. The van der Waals surface area contributed by atoms with Crippen LogP contribution in [0.15, 0.2) is 0 Å². The van der Waals surface area contributed by atoms with Crippen LogP contribution >= 0.6 is 0 Å². The zero-order valence-corrected chi connectivity index (χ0v) is 10.1. The van der Waals surface area contributed by atoms with Gasteiger partial charge in [-0.05, 0) is 25.2 Å². The number of sulfonamides is 1. The van der Waals surface area contributed by atoms with E-state index in [9.17, 15) is 18.0 Å². The highest BCUT2D eigenvalue weighted by molar-refractivity contribution is 7.89. The van der Waals surface area contributed by atoms with E-state index in [1.165, 1.54) is 0 Å². The summed E-state index contributed by atoms with van der Waals surface area (Å²) < 4.78 is 25.2. The number of hydrogen-bond donors (Lipinski definition) is 3. The molecule has 1 aliphatic carbocycles. The fraction of sp³-hybridized carbons (Fsp3) is 0.778. The standard InChI is InChI=1S/C9H16N2O5S/c10-8(12)4-3-7(9(13)14)11-17(15,16)5-6-1-2-6/h6-7,11H,1-5H2,(H2,10,12)(H,13,14). The van der Waals surface area contributed by atoms with Crippen LogP contribution in [0.4, 0.5) is 0 Å². The molecule has 1 fully saturated rings. The summed E-state index contributed by atoms with van der Waals surface area (Å²) in [5.74, 6) is -1.87. The van der Waals surface area contributed by atoms with Crippen LogP contribution in [0.5, 0.6) is 0 Å². The molecule has 1 atom stereocenters.